The molecule has 156 valence electrons. The zero-order valence-corrected chi connectivity index (χ0v) is 17.2. The Morgan fingerprint density at radius 3 is 2.27 bits per heavy atom. The smallest absolute Gasteiger partial charge is 0.335 e. The molecule has 0 radical (unpaired) electrons. The van der Waals surface area contributed by atoms with Gasteiger partial charge in [-0.2, -0.15) is 0 Å². The zero-order valence-electron chi connectivity index (χ0n) is 17.2. The number of piperidine rings is 1. The molecule has 1 spiro atoms. The van der Waals surface area contributed by atoms with E-state index >= 15 is 0 Å². The lowest BCUT2D eigenvalue weighted by atomic mass is 9.88. The molecule has 5 rings (SSSR count). The average Bonchev–Trinajstić information content (AvgIpc) is 3.66. The molecule has 1 aliphatic heterocycles. The molecule has 1 atom stereocenters. The number of hydrogen-bond donors (Lipinski definition) is 2. The minimum absolute atomic E-state index is 0.0714. The minimum Gasteiger partial charge on any atom is -0.478 e. The summed E-state index contributed by atoms with van der Waals surface area (Å²) in [5.74, 6) is -0.455. The molecule has 3 aliphatic rings. The molecule has 2 aliphatic carbocycles. The topological polar surface area (TPSA) is 77.8 Å². The predicted molar refractivity (Wildman–Crippen MR) is 113 cm³/mol. The van der Waals surface area contributed by atoms with Gasteiger partial charge >= 0.3 is 5.97 Å². The molecule has 1 heterocycles. The molecular weight excluding hydrogens is 378 g/mol. The van der Waals surface area contributed by atoms with Gasteiger partial charge in [0.25, 0.3) is 5.91 Å². The molecule has 2 N–H and O–H groups in total. The number of aromatic carboxylic acids is 1. The summed E-state index contributed by atoms with van der Waals surface area (Å²) in [7, 11) is 0. The fourth-order valence-electron chi connectivity index (χ4n) is 5.11. The number of aliphatic hydroxyl groups is 1. The zero-order chi connectivity index (χ0) is 21.1. The lowest BCUT2D eigenvalue weighted by Crippen LogP contribution is -2.45. The molecule has 2 aromatic carbocycles. The number of benzene rings is 2. The molecule has 30 heavy (non-hydrogen) atoms. The molecule has 1 amide bonds. The molecule has 0 aromatic heterocycles. The van der Waals surface area contributed by atoms with Crippen LogP contribution in [0.4, 0.5) is 0 Å². The van der Waals surface area contributed by atoms with Crippen molar-refractivity contribution >= 4 is 11.9 Å². The van der Waals surface area contributed by atoms with Crippen molar-refractivity contribution < 1.29 is 19.8 Å². The van der Waals surface area contributed by atoms with Gasteiger partial charge in [0.2, 0.25) is 0 Å². The van der Waals surface area contributed by atoms with Crippen LogP contribution < -0.4 is 0 Å². The Morgan fingerprint density at radius 2 is 1.67 bits per heavy atom. The average molecular weight is 405 g/mol. The van der Waals surface area contributed by atoms with Crippen molar-refractivity contribution in [3.05, 3.63) is 59.2 Å². The molecule has 5 heteroatoms. The summed E-state index contributed by atoms with van der Waals surface area (Å²) in [4.78, 5) is 25.5. The number of hydrogen-bond acceptors (Lipinski definition) is 3. The summed E-state index contributed by atoms with van der Waals surface area (Å²) < 4.78 is 0. The van der Waals surface area contributed by atoms with Crippen molar-refractivity contribution in [1.29, 1.82) is 0 Å². The first kappa shape index (κ1) is 19.3. The van der Waals surface area contributed by atoms with E-state index in [2.05, 4.69) is 24.3 Å². The van der Waals surface area contributed by atoms with Crippen molar-refractivity contribution in [1.82, 2.24) is 4.90 Å². The standard InChI is InChI=1S/C25H27NO4/c1-16-2-3-19(22(27)28)14-20(16)17-4-6-18(7-5-17)21-15-24(21)10-12-26(13-11-24)23(29)25(30)8-9-25/h2-7,14,21,30H,8-13,15H2,1H3,(H,27,28)/t21-/m0/s1. The number of amides is 1. The summed E-state index contributed by atoms with van der Waals surface area (Å²) in [5.41, 5.74) is 3.92. The Hall–Kier alpha value is -2.66. The SMILES string of the molecule is Cc1ccc(C(=O)O)cc1-c1ccc([C@@H]2CC23CCN(C(=O)C2(O)CC2)CC3)cc1. The van der Waals surface area contributed by atoms with Crippen LogP contribution in [0.15, 0.2) is 42.5 Å². The van der Waals surface area contributed by atoms with E-state index in [9.17, 15) is 19.8 Å². The van der Waals surface area contributed by atoms with Crippen LogP contribution in [-0.2, 0) is 4.79 Å². The predicted octanol–water partition coefficient (Wildman–Crippen LogP) is 3.98. The van der Waals surface area contributed by atoms with Crippen LogP contribution in [0.25, 0.3) is 11.1 Å². The number of aryl methyl sites for hydroxylation is 1. The van der Waals surface area contributed by atoms with Gasteiger partial charge in [0, 0.05) is 13.1 Å². The van der Waals surface area contributed by atoms with Crippen molar-refractivity contribution in [2.45, 2.75) is 50.5 Å². The Balaban J connectivity index is 1.27. The fraction of sp³-hybridized carbons (Fsp3) is 0.440. The van der Waals surface area contributed by atoms with Crippen LogP contribution in [-0.4, -0.2) is 45.7 Å². The minimum atomic E-state index is -1.06. The third-order valence-electron chi connectivity index (χ3n) is 7.47. The maximum absolute atomic E-state index is 12.4. The maximum atomic E-state index is 12.4. The number of rotatable bonds is 4. The first-order chi connectivity index (χ1) is 14.3. The van der Waals surface area contributed by atoms with Crippen LogP contribution in [0.5, 0.6) is 0 Å². The van der Waals surface area contributed by atoms with E-state index in [0.29, 0.717) is 29.7 Å². The van der Waals surface area contributed by atoms with Crippen LogP contribution in [0.3, 0.4) is 0 Å². The molecule has 2 aromatic rings. The van der Waals surface area contributed by atoms with Crippen molar-refractivity contribution in [3.8, 4) is 11.1 Å². The van der Waals surface area contributed by atoms with Crippen molar-refractivity contribution in [3.63, 3.8) is 0 Å². The monoisotopic (exact) mass is 405 g/mol. The van der Waals surface area contributed by atoms with E-state index < -0.39 is 11.6 Å². The van der Waals surface area contributed by atoms with Gasteiger partial charge in [-0.05, 0) is 84.7 Å². The Kier molecular flexibility index (Phi) is 4.30. The summed E-state index contributed by atoms with van der Waals surface area (Å²) >= 11 is 0. The number of carbonyl (C=O) groups excluding carboxylic acids is 1. The number of carboxylic acid groups (broad SMARTS) is 1. The van der Waals surface area contributed by atoms with Gasteiger partial charge in [0.15, 0.2) is 0 Å². The number of carbonyl (C=O) groups is 2. The van der Waals surface area contributed by atoms with E-state index in [1.165, 1.54) is 5.56 Å². The molecule has 0 unspecified atom stereocenters. The first-order valence-electron chi connectivity index (χ1n) is 10.8. The highest BCUT2D eigenvalue weighted by Crippen LogP contribution is 2.65. The number of carboxylic acids is 1. The highest BCUT2D eigenvalue weighted by Gasteiger charge is 2.57. The van der Waals surface area contributed by atoms with Crippen molar-refractivity contribution in [2.75, 3.05) is 13.1 Å². The molecule has 5 nitrogen and oxygen atoms in total. The van der Waals surface area contributed by atoms with Gasteiger partial charge in [-0.25, -0.2) is 4.79 Å². The largest absolute Gasteiger partial charge is 0.478 e. The van der Waals surface area contributed by atoms with Gasteiger partial charge in [-0.1, -0.05) is 30.3 Å². The molecule has 0 bridgehead atoms. The van der Waals surface area contributed by atoms with Gasteiger partial charge in [-0.15, -0.1) is 0 Å². The Bertz CT molecular complexity index is 1010. The van der Waals surface area contributed by atoms with E-state index in [1.54, 1.807) is 12.1 Å². The first-order valence-corrected chi connectivity index (χ1v) is 10.8. The van der Waals surface area contributed by atoms with E-state index in [4.69, 9.17) is 0 Å². The normalized spacial score (nSPS) is 23.3. The third-order valence-corrected chi connectivity index (χ3v) is 7.47. The van der Waals surface area contributed by atoms with E-state index in [0.717, 1.165) is 49.0 Å². The van der Waals surface area contributed by atoms with Gasteiger partial charge in [0.1, 0.15) is 5.60 Å². The molecule has 2 saturated carbocycles. The fourth-order valence-corrected chi connectivity index (χ4v) is 5.11. The van der Waals surface area contributed by atoms with Crippen LogP contribution in [0, 0.1) is 12.3 Å². The van der Waals surface area contributed by atoms with Crippen LogP contribution >= 0.6 is 0 Å². The maximum Gasteiger partial charge on any atom is 0.335 e. The van der Waals surface area contributed by atoms with Crippen molar-refractivity contribution in [2.24, 2.45) is 5.41 Å². The second-order valence-electron chi connectivity index (χ2n) is 9.40. The number of likely N-dealkylation sites (tertiary alicyclic amines) is 1. The second-order valence-corrected chi connectivity index (χ2v) is 9.40. The summed E-state index contributed by atoms with van der Waals surface area (Å²) in [6, 6.07) is 13.8. The highest BCUT2D eigenvalue weighted by atomic mass is 16.4. The molecular formula is C25H27NO4. The van der Waals surface area contributed by atoms with E-state index in [1.807, 2.05) is 17.9 Å². The summed E-state index contributed by atoms with van der Waals surface area (Å²) in [5, 5.41) is 19.4. The molecule has 3 fully saturated rings. The van der Waals surface area contributed by atoms with Gasteiger partial charge < -0.3 is 15.1 Å². The summed E-state index contributed by atoms with van der Waals surface area (Å²) in [6.45, 7) is 3.49. The lowest BCUT2D eigenvalue weighted by molar-refractivity contribution is -0.144. The van der Waals surface area contributed by atoms with Crippen LogP contribution in [0.1, 0.15) is 59.5 Å². The van der Waals surface area contributed by atoms with Crippen LogP contribution in [0.2, 0.25) is 0 Å². The highest BCUT2D eigenvalue weighted by molar-refractivity contribution is 5.90. The third kappa shape index (κ3) is 3.21. The Labute approximate surface area is 176 Å². The van der Waals surface area contributed by atoms with Gasteiger partial charge in [-0.3, -0.25) is 4.79 Å². The lowest BCUT2D eigenvalue weighted by Gasteiger charge is -2.34. The summed E-state index contributed by atoms with van der Waals surface area (Å²) in [6.07, 6.45) is 4.38. The molecule has 1 saturated heterocycles. The Morgan fingerprint density at radius 1 is 1.00 bits per heavy atom. The second kappa shape index (κ2) is 6.67. The quantitative estimate of drug-likeness (QED) is 0.807. The van der Waals surface area contributed by atoms with E-state index in [-0.39, 0.29) is 5.91 Å². The van der Waals surface area contributed by atoms with Gasteiger partial charge in [0.05, 0.1) is 5.56 Å². The number of nitrogens with zero attached hydrogens (tertiary/aromatic N) is 1.